The predicted molar refractivity (Wildman–Crippen MR) is 68.4 cm³/mol. The van der Waals surface area contributed by atoms with Crippen LogP contribution in [0.4, 0.5) is 0 Å². The summed E-state index contributed by atoms with van der Waals surface area (Å²) < 4.78 is 8.90. The number of halogens is 2. The Kier molecular flexibility index (Phi) is 3.14. The van der Waals surface area contributed by atoms with E-state index in [-0.39, 0.29) is 0 Å². The van der Waals surface area contributed by atoms with Crippen LogP contribution in [-0.2, 0) is 0 Å². The van der Waals surface area contributed by atoms with Crippen molar-refractivity contribution in [1.29, 1.82) is 0 Å². The zero-order chi connectivity index (χ0) is 10.1. The molecule has 0 spiro atoms. The number of hydrogen-bond donors (Lipinski definition) is 0. The van der Waals surface area contributed by atoms with Gasteiger partial charge in [-0.15, -0.1) is 11.3 Å². The number of thiophene rings is 1. The highest BCUT2D eigenvalue weighted by Gasteiger charge is 2.11. The normalized spacial score (nSPS) is 10.8. The summed E-state index contributed by atoms with van der Waals surface area (Å²) in [6, 6.07) is 4.12. The van der Waals surface area contributed by atoms with Gasteiger partial charge in [0.1, 0.15) is 0 Å². The molecule has 1 heterocycles. The van der Waals surface area contributed by atoms with Gasteiger partial charge in [-0.3, -0.25) is 0 Å². The van der Waals surface area contributed by atoms with Crippen LogP contribution in [0.1, 0.15) is 6.92 Å². The third-order valence-electron chi connectivity index (χ3n) is 1.89. The Morgan fingerprint density at radius 3 is 2.86 bits per heavy atom. The molecule has 2 rings (SSSR count). The molecule has 0 radical (unpaired) electrons. The highest BCUT2D eigenvalue weighted by atomic mass is 79.9. The van der Waals surface area contributed by atoms with Crippen molar-refractivity contribution in [2.45, 2.75) is 6.92 Å². The molecule has 2 aromatic rings. The molecular formula is C10H8Br2OS. The quantitative estimate of drug-likeness (QED) is 0.764. The van der Waals surface area contributed by atoms with E-state index in [4.69, 9.17) is 4.74 Å². The lowest BCUT2D eigenvalue weighted by Gasteiger charge is -2.07. The van der Waals surface area contributed by atoms with Crippen LogP contribution in [0, 0.1) is 0 Å². The van der Waals surface area contributed by atoms with Crippen LogP contribution >= 0.6 is 43.2 Å². The van der Waals surface area contributed by atoms with Crippen molar-refractivity contribution in [3.8, 4) is 5.75 Å². The minimum absolute atomic E-state index is 0.688. The van der Waals surface area contributed by atoms with Crippen molar-refractivity contribution in [2.24, 2.45) is 0 Å². The summed E-state index contributed by atoms with van der Waals surface area (Å²) in [6.45, 7) is 2.68. The fraction of sp³-hybridized carbons (Fsp3) is 0.200. The van der Waals surface area contributed by atoms with Crippen molar-refractivity contribution in [3.63, 3.8) is 0 Å². The molecule has 1 nitrogen and oxygen atoms in total. The van der Waals surface area contributed by atoms with Crippen molar-refractivity contribution < 1.29 is 4.74 Å². The molecule has 0 N–H and O–H groups in total. The lowest BCUT2D eigenvalue weighted by atomic mass is 10.2. The fourth-order valence-corrected chi connectivity index (χ4v) is 3.91. The second kappa shape index (κ2) is 4.21. The third-order valence-corrected chi connectivity index (χ3v) is 4.05. The minimum Gasteiger partial charge on any atom is -0.491 e. The van der Waals surface area contributed by atoms with Gasteiger partial charge in [0.25, 0.3) is 0 Å². The van der Waals surface area contributed by atoms with Gasteiger partial charge in [-0.05, 0) is 40.4 Å². The Balaban J connectivity index is 2.73. The van der Waals surface area contributed by atoms with Gasteiger partial charge in [0.2, 0.25) is 0 Å². The van der Waals surface area contributed by atoms with Gasteiger partial charge in [-0.1, -0.05) is 15.9 Å². The molecule has 74 valence electrons. The molecule has 0 unspecified atom stereocenters. The molecule has 0 bridgehead atoms. The lowest BCUT2D eigenvalue weighted by molar-refractivity contribution is 0.343. The van der Waals surface area contributed by atoms with Crippen molar-refractivity contribution in [1.82, 2.24) is 0 Å². The summed E-state index contributed by atoms with van der Waals surface area (Å²) in [5.74, 6) is 0.945. The van der Waals surface area contributed by atoms with Gasteiger partial charge in [-0.25, -0.2) is 0 Å². The first-order chi connectivity index (χ1) is 6.74. The number of rotatable bonds is 2. The smallest absolute Gasteiger partial charge is 0.151 e. The second-order valence-electron chi connectivity index (χ2n) is 2.77. The number of ether oxygens (including phenoxy) is 1. The molecule has 4 heteroatoms. The first-order valence-corrected chi connectivity index (χ1v) is 6.68. The Bertz CT molecular complexity index is 464. The molecule has 0 saturated heterocycles. The van der Waals surface area contributed by atoms with Crippen LogP contribution in [0.15, 0.2) is 26.5 Å². The summed E-state index contributed by atoms with van der Waals surface area (Å²) >= 11 is 8.74. The van der Waals surface area contributed by atoms with Crippen LogP contribution in [0.25, 0.3) is 10.1 Å². The first-order valence-electron chi connectivity index (χ1n) is 4.22. The monoisotopic (exact) mass is 334 g/mol. The van der Waals surface area contributed by atoms with E-state index in [1.54, 1.807) is 11.3 Å². The van der Waals surface area contributed by atoms with Gasteiger partial charge in [0, 0.05) is 9.86 Å². The number of benzene rings is 1. The molecule has 1 aromatic heterocycles. The van der Waals surface area contributed by atoms with E-state index in [2.05, 4.69) is 43.3 Å². The van der Waals surface area contributed by atoms with E-state index in [0.717, 1.165) is 14.7 Å². The maximum absolute atomic E-state index is 5.61. The van der Waals surface area contributed by atoms with E-state index in [1.807, 2.05) is 13.0 Å². The van der Waals surface area contributed by atoms with Gasteiger partial charge in [-0.2, -0.15) is 0 Å². The first kappa shape index (κ1) is 10.5. The summed E-state index contributed by atoms with van der Waals surface area (Å²) in [6.07, 6.45) is 0. The zero-order valence-electron chi connectivity index (χ0n) is 7.51. The number of fused-ring (bicyclic) bond motifs is 1. The van der Waals surface area contributed by atoms with Gasteiger partial charge in [0.15, 0.2) is 5.75 Å². The SMILES string of the molecule is CCOc1c(Br)cc(Br)c2ccsc12. The number of hydrogen-bond acceptors (Lipinski definition) is 2. The highest BCUT2D eigenvalue weighted by molar-refractivity contribution is 9.11. The fourth-order valence-electron chi connectivity index (χ4n) is 1.32. The van der Waals surface area contributed by atoms with E-state index < -0.39 is 0 Å². The summed E-state index contributed by atoms with van der Waals surface area (Å²) in [7, 11) is 0. The minimum atomic E-state index is 0.688. The molecule has 0 aliphatic rings. The van der Waals surface area contributed by atoms with Gasteiger partial charge < -0.3 is 4.74 Å². The van der Waals surface area contributed by atoms with Crippen LogP contribution in [0.2, 0.25) is 0 Å². The van der Waals surface area contributed by atoms with Crippen LogP contribution in [0.5, 0.6) is 5.75 Å². The maximum atomic E-state index is 5.61. The standard InChI is InChI=1S/C10H8Br2OS/c1-2-13-9-8(12)5-7(11)6-3-4-14-10(6)9/h3-5H,2H2,1H3. The Labute approximate surface area is 103 Å². The van der Waals surface area contributed by atoms with Crippen molar-refractivity contribution >= 4 is 53.3 Å². The van der Waals surface area contributed by atoms with E-state index >= 15 is 0 Å². The van der Waals surface area contributed by atoms with Crippen LogP contribution in [-0.4, -0.2) is 6.61 Å². The zero-order valence-corrected chi connectivity index (χ0v) is 11.5. The van der Waals surface area contributed by atoms with E-state index in [0.29, 0.717) is 6.61 Å². The average Bonchev–Trinajstić information content (AvgIpc) is 2.60. The molecule has 0 aliphatic heterocycles. The average molecular weight is 336 g/mol. The van der Waals surface area contributed by atoms with E-state index in [1.165, 1.54) is 10.1 Å². The molecule has 0 aliphatic carbocycles. The maximum Gasteiger partial charge on any atom is 0.151 e. The molecule has 0 saturated carbocycles. The predicted octanol–water partition coefficient (Wildman–Crippen LogP) is 4.83. The van der Waals surface area contributed by atoms with Crippen molar-refractivity contribution in [3.05, 3.63) is 26.5 Å². The van der Waals surface area contributed by atoms with Crippen LogP contribution in [0.3, 0.4) is 0 Å². The van der Waals surface area contributed by atoms with Crippen LogP contribution < -0.4 is 4.74 Å². The molecule has 1 aromatic carbocycles. The Morgan fingerprint density at radius 1 is 1.36 bits per heavy atom. The molecule has 0 atom stereocenters. The lowest BCUT2D eigenvalue weighted by Crippen LogP contribution is -1.92. The van der Waals surface area contributed by atoms with Gasteiger partial charge in [0.05, 0.1) is 15.8 Å². The second-order valence-corrected chi connectivity index (χ2v) is 5.39. The van der Waals surface area contributed by atoms with Gasteiger partial charge >= 0.3 is 0 Å². The Hall–Kier alpha value is -0.0600. The van der Waals surface area contributed by atoms with Crippen molar-refractivity contribution in [2.75, 3.05) is 6.61 Å². The molecule has 14 heavy (non-hydrogen) atoms. The summed E-state index contributed by atoms with van der Waals surface area (Å²) in [5, 5.41) is 3.28. The summed E-state index contributed by atoms with van der Waals surface area (Å²) in [4.78, 5) is 0. The van der Waals surface area contributed by atoms with E-state index in [9.17, 15) is 0 Å². The third kappa shape index (κ3) is 1.71. The highest BCUT2D eigenvalue weighted by Crippen LogP contribution is 2.41. The topological polar surface area (TPSA) is 9.23 Å². The molecule has 0 amide bonds. The summed E-state index contributed by atoms with van der Waals surface area (Å²) in [5.41, 5.74) is 0. The Morgan fingerprint density at radius 2 is 2.14 bits per heavy atom. The largest absolute Gasteiger partial charge is 0.491 e. The molecule has 0 fully saturated rings. The molecular weight excluding hydrogens is 328 g/mol.